The first-order chi connectivity index (χ1) is 48.9. The van der Waals surface area contributed by atoms with Crippen LogP contribution < -0.4 is 0 Å². The number of thiophene rings is 2. The highest BCUT2D eigenvalue weighted by molar-refractivity contribution is 7.26. The second-order valence-electron chi connectivity index (χ2n) is 26.4. The second kappa shape index (κ2) is 26.0. The number of benzene rings is 14. The van der Waals surface area contributed by atoms with E-state index in [2.05, 4.69) is 305 Å². The van der Waals surface area contributed by atoms with Crippen molar-refractivity contribution in [3.63, 3.8) is 0 Å². The molecule has 0 bridgehead atoms. The molecule has 19 rings (SSSR count). The molecule has 0 radical (unpaired) electrons. The molecule has 18 aromatic rings. The van der Waals surface area contributed by atoms with Crippen LogP contribution in [0.4, 0.5) is 0 Å². The zero-order valence-corrected chi connectivity index (χ0v) is 57.8. The standard InChI is InChI=1S/C42H26N2S.C33H30O2.C16H9ClN2S/c1-2-12-27(13-3-1)39-41-40(36-22-8-9-23-38(36)45-41)44-42(43-39)32-18-11-16-29(25-32)28-15-10-17-30(24-28)37-26-31-14-4-5-19-33(31)34-20-6-7-21-35(34)37;1-32(2)33(3,4)35-31(34-32)26-15-10-13-23(20-26)22-12-9-14-24(19-22)30-21-25-11-5-6-16-27(25)28-17-7-8-18-29(28)30;17-16-18-13(10-6-2-1-3-7-10)15-14(19-16)11-8-4-5-9-12(11)20-15/h1-26H;5-21,31H,1-4H3;1-9H. The highest BCUT2D eigenvalue weighted by Crippen LogP contribution is 2.47. The smallest absolute Gasteiger partial charge is 0.223 e. The van der Waals surface area contributed by atoms with Crippen molar-refractivity contribution in [2.45, 2.75) is 45.2 Å². The molecule has 0 aliphatic carbocycles. The molecule has 0 saturated carbocycles. The van der Waals surface area contributed by atoms with E-state index >= 15 is 0 Å². The number of rotatable bonds is 8. The third-order valence-corrected chi connectivity index (χ3v) is 22.1. The summed E-state index contributed by atoms with van der Waals surface area (Å²) in [6, 6.07) is 111. The lowest BCUT2D eigenvalue weighted by atomic mass is 9.90. The molecular formula is C91H65ClN4O2S2. The second-order valence-corrected chi connectivity index (χ2v) is 28.8. The molecular weight excluding hydrogens is 1280 g/mol. The van der Waals surface area contributed by atoms with Crippen molar-refractivity contribution >= 4 is 118 Å². The van der Waals surface area contributed by atoms with E-state index in [-0.39, 0.29) is 17.5 Å². The van der Waals surface area contributed by atoms with Crippen molar-refractivity contribution in [1.29, 1.82) is 0 Å². The summed E-state index contributed by atoms with van der Waals surface area (Å²) in [5.74, 6) is 0.739. The number of ether oxygens (including phenoxy) is 2. The van der Waals surface area contributed by atoms with E-state index in [0.717, 1.165) is 82.0 Å². The van der Waals surface area contributed by atoms with Gasteiger partial charge in [0.25, 0.3) is 0 Å². The topological polar surface area (TPSA) is 70.0 Å². The van der Waals surface area contributed by atoms with Gasteiger partial charge in [-0.15, -0.1) is 22.7 Å². The molecule has 0 atom stereocenters. The summed E-state index contributed by atoms with van der Waals surface area (Å²) >= 11 is 9.58. The average molecular weight is 1350 g/mol. The molecule has 0 amide bonds. The quantitative estimate of drug-likeness (QED) is 0.112. The summed E-state index contributed by atoms with van der Waals surface area (Å²) in [6.45, 7) is 8.37. The third-order valence-electron chi connectivity index (χ3n) is 19.6. The van der Waals surface area contributed by atoms with Gasteiger partial charge in [0.05, 0.1) is 43.0 Å². The van der Waals surface area contributed by atoms with E-state index in [9.17, 15) is 0 Å². The van der Waals surface area contributed by atoms with Crippen LogP contribution in [0.1, 0.15) is 39.5 Å². The van der Waals surface area contributed by atoms with Crippen molar-refractivity contribution in [3.05, 3.63) is 326 Å². The largest absolute Gasteiger partial charge is 0.339 e. The number of halogens is 1. The minimum atomic E-state index is -0.368. The summed E-state index contributed by atoms with van der Waals surface area (Å²) in [7, 11) is 0. The van der Waals surface area contributed by atoms with Crippen molar-refractivity contribution < 1.29 is 9.47 Å². The van der Waals surface area contributed by atoms with Crippen LogP contribution in [0, 0.1) is 0 Å². The Morgan fingerprint density at radius 2 is 0.660 bits per heavy atom. The summed E-state index contributed by atoms with van der Waals surface area (Å²) < 4.78 is 17.2. The van der Waals surface area contributed by atoms with Gasteiger partial charge in [-0.3, -0.25) is 0 Å². The summed E-state index contributed by atoms with van der Waals surface area (Å²) in [6.07, 6.45) is -0.368. The summed E-state index contributed by atoms with van der Waals surface area (Å²) in [4.78, 5) is 19.2. The van der Waals surface area contributed by atoms with Gasteiger partial charge < -0.3 is 9.47 Å². The molecule has 1 saturated heterocycles. The van der Waals surface area contributed by atoms with Crippen molar-refractivity contribution in [2.24, 2.45) is 0 Å². The van der Waals surface area contributed by atoms with Crippen LogP contribution in [0.25, 0.3) is 162 Å². The molecule has 0 unspecified atom stereocenters. The fourth-order valence-electron chi connectivity index (χ4n) is 13.9. The van der Waals surface area contributed by atoms with Crippen LogP contribution in [-0.4, -0.2) is 31.1 Å². The number of aromatic nitrogens is 4. The van der Waals surface area contributed by atoms with Crippen LogP contribution in [-0.2, 0) is 9.47 Å². The Morgan fingerprint density at radius 3 is 1.16 bits per heavy atom. The first-order valence-corrected chi connectivity index (χ1v) is 35.7. The molecule has 14 aromatic carbocycles. The SMILES string of the molecule is CC1(C)OC(c2cccc(-c3cccc(-c4cc5ccccc5c5ccccc45)c3)c2)OC1(C)C.Clc1nc(-c2ccccc2)c2sc3ccccc3c2n1.c1ccc(-c2nc(-c3cccc(-c4cccc(-c5cc6ccccc6c6ccccc56)c4)c3)nc3c2sc2ccccc23)cc1. The van der Waals surface area contributed by atoms with E-state index < -0.39 is 0 Å². The fraction of sp³-hybridized carbons (Fsp3) is 0.0769. The van der Waals surface area contributed by atoms with Crippen LogP contribution >= 0.6 is 34.3 Å². The van der Waals surface area contributed by atoms with Crippen molar-refractivity contribution in [1.82, 2.24) is 19.9 Å². The molecule has 1 fully saturated rings. The van der Waals surface area contributed by atoms with Gasteiger partial charge in [0.15, 0.2) is 12.1 Å². The minimum Gasteiger partial charge on any atom is -0.339 e. The van der Waals surface area contributed by atoms with Gasteiger partial charge >= 0.3 is 0 Å². The van der Waals surface area contributed by atoms with Crippen LogP contribution in [0.15, 0.2) is 315 Å². The Kier molecular flexibility index (Phi) is 16.2. The highest BCUT2D eigenvalue weighted by Gasteiger charge is 2.49. The van der Waals surface area contributed by atoms with Gasteiger partial charge in [0.1, 0.15) is 0 Å². The maximum atomic E-state index is 6.30. The Balaban J connectivity index is 0.000000120. The number of hydrogen-bond donors (Lipinski definition) is 0. The third kappa shape index (κ3) is 11.7. The average Bonchev–Trinajstić information content (AvgIpc) is 1.17. The zero-order chi connectivity index (χ0) is 67.5. The van der Waals surface area contributed by atoms with Gasteiger partial charge in [-0.1, -0.05) is 267 Å². The van der Waals surface area contributed by atoms with Crippen LogP contribution in [0.3, 0.4) is 0 Å². The van der Waals surface area contributed by atoms with Gasteiger partial charge in [-0.2, -0.15) is 0 Å². The predicted octanol–water partition coefficient (Wildman–Crippen LogP) is 25.9. The zero-order valence-electron chi connectivity index (χ0n) is 55.4. The number of fused-ring (bicyclic) bond motifs is 12. The minimum absolute atomic E-state index is 0.292. The lowest BCUT2D eigenvalue weighted by Crippen LogP contribution is -2.41. The molecule has 1 aliphatic rings. The molecule has 0 N–H and O–H groups in total. The summed E-state index contributed by atoms with van der Waals surface area (Å²) in [5, 5.41) is 12.8. The fourth-order valence-corrected chi connectivity index (χ4v) is 16.3. The molecule has 9 heteroatoms. The van der Waals surface area contributed by atoms with Crippen molar-refractivity contribution in [3.8, 4) is 78.4 Å². The first-order valence-electron chi connectivity index (χ1n) is 33.7. The van der Waals surface area contributed by atoms with E-state index in [1.807, 2.05) is 48.5 Å². The van der Waals surface area contributed by atoms with Gasteiger partial charge in [0, 0.05) is 42.4 Å². The van der Waals surface area contributed by atoms with Gasteiger partial charge in [-0.05, 0) is 175 Å². The van der Waals surface area contributed by atoms with Gasteiger partial charge in [0.2, 0.25) is 5.28 Å². The number of nitrogens with zero attached hydrogens (tertiary/aromatic N) is 4. The van der Waals surface area contributed by atoms with Gasteiger partial charge in [-0.25, -0.2) is 19.9 Å². The molecule has 480 valence electrons. The molecule has 0 spiro atoms. The Labute approximate surface area is 593 Å². The van der Waals surface area contributed by atoms with E-state index in [0.29, 0.717) is 5.28 Å². The maximum Gasteiger partial charge on any atom is 0.223 e. The lowest BCUT2D eigenvalue weighted by molar-refractivity contribution is -0.0895. The first kappa shape index (κ1) is 62.4. The Hall–Kier alpha value is -11.1. The van der Waals surface area contributed by atoms with E-state index in [4.69, 9.17) is 31.0 Å². The molecule has 6 nitrogen and oxygen atoms in total. The predicted molar refractivity (Wildman–Crippen MR) is 422 cm³/mol. The maximum absolute atomic E-state index is 6.30. The summed E-state index contributed by atoms with van der Waals surface area (Å²) in [5.41, 5.74) is 16.9. The molecule has 100 heavy (non-hydrogen) atoms. The number of hydrogen-bond acceptors (Lipinski definition) is 8. The van der Waals surface area contributed by atoms with E-state index in [1.54, 1.807) is 22.7 Å². The highest BCUT2D eigenvalue weighted by atomic mass is 35.5. The Morgan fingerprint density at radius 1 is 0.300 bits per heavy atom. The van der Waals surface area contributed by atoms with Crippen LogP contribution in [0.5, 0.6) is 0 Å². The molecule has 5 heterocycles. The molecule has 4 aromatic heterocycles. The van der Waals surface area contributed by atoms with Crippen molar-refractivity contribution in [2.75, 3.05) is 0 Å². The normalized spacial score (nSPS) is 13.5. The van der Waals surface area contributed by atoms with Crippen LogP contribution in [0.2, 0.25) is 5.28 Å². The monoisotopic (exact) mass is 1340 g/mol. The Bertz CT molecular complexity index is 6150. The molecule has 1 aliphatic heterocycles. The lowest BCUT2D eigenvalue weighted by Gasteiger charge is -2.30. The van der Waals surface area contributed by atoms with E-state index in [1.165, 1.54) is 85.7 Å².